The van der Waals surface area contributed by atoms with Crippen LogP contribution in [0.3, 0.4) is 0 Å². The van der Waals surface area contributed by atoms with Crippen molar-refractivity contribution in [2.75, 3.05) is 11.4 Å². The van der Waals surface area contributed by atoms with Gasteiger partial charge in [-0.2, -0.15) is 0 Å². The number of para-hydroxylation sites is 2. The maximum atomic E-state index is 3.87. The largest absolute Gasteiger partial charge is 0.337 e. The second-order valence-corrected chi connectivity index (χ2v) is 4.36. The van der Waals surface area contributed by atoms with E-state index in [0.29, 0.717) is 0 Å². The summed E-state index contributed by atoms with van der Waals surface area (Å²) in [5.74, 6) is 0. The van der Waals surface area contributed by atoms with Crippen LogP contribution < -0.4 is 4.90 Å². The van der Waals surface area contributed by atoms with E-state index >= 15 is 0 Å². The first kappa shape index (κ1) is 13.2. The smallest absolute Gasteiger partial charge is 0.0449 e. The Labute approximate surface area is 115 Å². The zero-order valence-electron chi connectivity index (χ0n) is 11.1. The van der Waals surface area contributed by atoms with Gasteiger partial charge in [-0.25, -0.2) is 0 Å². The molecule has 0 saturated carbocycles. The Kier molecular flexibility index (Phi) is 4.57. The number of benzene rings is 2. The van der Waals surface area contributed by atoms with Crippen LogP contribution in [0.2, 0.25) is 0 Å². The topological polar surface area (TPSA) is 3.24 Å². The Morgan fingerprint density at radius 3 is 2.21 bits per heavy atom. The van der Waals surface area contributed by atoms with Crippen LogP contribution in [0.5, 0.6) is 0 Å². The van der Waals surface area contributed by atoms with Gasteiger partial charge in [0, 0.05) is 17.9 Å². The second kappa shape index (κ2) is 6.60. The minimum atomic E-state index is 0.790. The number of anilines is 2. The highest BCUT2D eigenvalue weighted by Gasteiger charge is 2.10. The molecule has 0 amide bonds. The summed E-state index contributed by atoms with van der Waals surface area (Å²) < 4.78 is 0. The molecule has 2 aromatic carbocycles. The molecule has 0 aliphatic rings. The van der Waals surface area contributed by atoms with Crippen LogP contribution in [0.4, 0.5) is 11.4 Å². The third kappa shape index (κ3) is 3.14. The molecule has 0 spiro atoms. The van der Waals surface area contributed by atoms with Crippen molar-refractivity contribution in [2.45, 2.75) is 6.42 Å². The normalized spacial score (nSPS) is 9.89. The average Bonchev–Trinajstić information content (AvgIpc) is 2.47. The standard InChI is InChI=1S/C18H19N/c1-3-10-16-11-8-9-14-18(16)19(15-4-2)17-12-6-5-7-13-17/h3-9,11-14H,1-2,10,15H2. The van der Waals surface area contributed by atoms with Crippen molar-refractivity contribution in [1.82, 2.24) is 0 Å². The van der Waals surface area contributed by atoms with E-state index in [1.54, 1.807) is 0 Å². The van der Waals surface area contributed by atoms with Gasteiger partial charge in [0.15, 0.2) is 0 Å². The summed E-state index contributed by atoms with van der Waals surface area (Å²) in [5.41, 5.74) is 3.68. The molecule has 0 bridgehead atoms. The molecule has 0 unspecified atom stereocenters. The van der Waals surface area contributed by atoms with Gasteiger partial charge in [0.2, 0.25) is 0 Å². The van der Waals surface area contributed by atoms with E-state index < -0.39 is 0 Å². The summed E-state index contributed by atoms with van der Waals surface area (Å²) in [4.78, 5) is 2.27. The Hall–Kier alpha value is -2.28. The molecule has 2 aromatic rings. The molecule has 19 heavy (non-hydrogen) atoms. The van der Waals surface area contributed by atoms with E-state index in [-0.39, 0.29) is 0 Å². The lowest BCUT2D eigenvalue weighted by Crippen LogP contribution is -2.18. The minimum absolute atomic E-state index is 0.790. The number of hydrogen-bond donors (Lipinski definition) is 0. The van der Waals surface area contributed by atoms with Crippen molar-refractivity contribution < 1.29 is 0 Å². The van der Waals surface area contributed by atoms with Crippen molar-refractivity contribution in [3.05, 3.63) is 85.5 Å². The molecular formula is C18H19N. The Morgan fingerprint density at radius 2 is 1.53 bits per heavy atom. The average molecular weight is 249 g/mol. The van der Waals surface area contributed by atoms with Crippen LogP contribution in [-0.2, 0) is 6.42 Å². The summed E-state index contributed by atoms with van der Waals surface area (Å²) in [6.07, 6.45) is 4.74. The van der Waals surface area contributed by atoms with Gasteiger partial charge in [0.25, 0.3) is 0 Å². The van der Waals surface area contributed by atoms with Crippen LogP contribution in [0.1, 0.15) is 5.56 Å². The molecule has 1 nitrogen and oxygen atoms in total. The predicted octanol–water partition coefficient (Wildman–Crippen LogP) is 4.74. The summed E-state index contributed by atoms with van der Waals surface area (Å²) in [6.45, 7) is 8.49. The molecule has 1 heteroatoms. The zero-order valence-corrected chi connectivity index (χ0v) is 11.1. The fourth-order valence-electron chi connectivity index (χ4n) is 2.18. The molecule has 0 saturated heterocycles. The van der Waals surface area contributed by atoms with Gasteiger partial charge >= 0.3 is 0 Å². The van der Waals surface area contributed by atoms with Gasteiger partial charge in [0.05, 0.1) is 0 Å². The maximum absolute atomic E-state index is 3.87. The number of allylic oxidation sites excluding steroid dienone is 1. The highest BCUT2D eigenvalue weighted by molar-refractivity contribution is 5.67. The van der Waals surface area contributed by atoms with E-state index in [1.807, 2.05) is 18.2 Å². The third-order valence-corrected chi connectivity index (χ3v) is 3.03. The van der Waals surface area contributed by atoms with Crippen LogP contribution in [-0.4, -0.2) is 6.54 Å². The van der Waals surface area contributed by atoms with Gasteiger partial charge in [-0.15, -0.1) is 13.2 Å². The molecule has 2 rings (SSSR count). The third-order valence-electron chi connectivity index (χ3n) is 3.03. The van der Waals surface area contributed by atoms with Crippen LogP contribution in [0.15, 0.2) is 79.9 Å². The molecule has 0 radical (unpaired) electrons. The minimum Gasteiger partial charge on any atom is -0.337 e. The van der Waals surface area contributed by atoms with Crippen molar-refractivity contribution in [2.24, 2.45) is 0 Å². The fourth-order valence-corrected chi connectivity index (χ4v) is 2.18. The molecule has 0 aliphatic heterocycles. The van der Waals surface area contributed by atoms with Crippen molar-refractivity contribution >= 4 is 11.4 Å². The number of rotatable bonds is 6. The predicted molar refractivity (Wildman–Crippen MR) is 84.0 cm³/mol. The number of hydrogen-bond acceptors (Lipinski definition) is 1. The first-order chi connectivity index (χ1) is 9.36. The van der Waals surface area contributed by atoms with Gasteiger partial charge < -0.3 is 4.90 Å². The number of nitrogens with zero attached hydrogens (tertiary/aromatic N) is 1. The lowest BCUT2D eigenvalue weighted by molar-refractivity contribution is 1.07. The lowest BCUT2D eigenvalue weighted by atomic mass is 10.1. The Morgan fingerprint density at radius 1 is 0.842 bits per heavy atom. The van der Waals surface area contributed by atoms with Crippen LogP contribution in [0, 0.1) is 0 Å². The second-order valence-electron chi connectivity index (χ2n) is 4.36. The van der Waals surface area contributed by atoms with Crippen molar-refractivity contribution in [1.29, 1.82) is 0 Å². The van der Waals surface area contributed by atoms with E-state index in [9.17, 15) is 0 Å². The first-order valence-corrected chi connectivity index (χ1v) is 6.49. The summed E-state index contributed by atoms with van der Waals surface area (Å²) in [5, 5.41) is 0. The molecule has 0 aromatic heterocycles. The monoisotopic (exact) mass is 249 g/mol. The molecule has 0 aliphatic carbocycles. The van der Waals surface area contributed by atoms with E-state index in [1.165, 1.54) is 16.9 Å². The van der Waals surface area contributed by atoms with E-state index in [2.05, 4.69) is 66.6 Å². The molecule has 0 N–H and O–H groups in total. The first-order valence-electron chi connectivity index (χ1n) is 6.49. The van der Waals surface area contributed by atoms with E-state index in [4.69, 9.17) is 0 Å². The maximum Gasteiger partial charge on any atom is 0.0449 e. The van der Waals surface area contributed by atoms with Crippen LogP contribution >= 0.6 is 0 Å². The van der Waals surface area contributed by atoms with Gasteiger partial charge in [-0.05, 0) is 30.2 Å². The highest BCUT2D eigenvalue weighted by Crippen LogP contribution is 2.28. The quantitative estimate of drug-likeness (QED) is 0.668. The fraction of sp³-hybridized carbons (Fsp3) is 0.111. The molecule has 96 valence electrons. The van der Waals surface area contributed by atoms with E-state index in [0.717, 1.165) is 13.0 Å². The lowest BCUT2D eigenvalue weighted by Gasteiger charge is -2.26. The summed E-state index contributed by atoms with van der Waals surface area (Å²) in [6, 6.07) is 18.8. The van der Waals surface area contributed by atoms with Gasteiger partial charge in [-0.3, -0.25) is 0 Å². The highest BCUT2D eigenvalue weighted by atomic mass is 15.1. The molecule has 0 atom stereocenters. The van der Waals surface area contributed by atoms with Gasteiger partial charge in [-0.1, -0.05) is 48.6 Å². The zero-order chi connectivity index (χ0) is 13.5. The molecule has 0 fully saturated rings. The SMILES string of the molecule is C=CCc1ccccc1N(CC=C)c1ccccc1. The Balaban J connectivity index is 2.44. The summed E-state index contributed by atoms with van der Waals surface area (Å²) >= 11 is 0. The Bertz CT molecular complexity index is 543. The van der Waals surface area contributed by atoms with Crippen LogP contribution in [0.25, 0.3) is 0 Å². The van der Waals surface area contributed by atoms with Gasteiger partial charge in [0.1, 0.15) is 0 Å². The summed E-state index contributed by atoms with van der Waals surface area (Å²) in [7, 11) is 0. The van der Waals surface area contributed by atoms with Crippen molar-refractivity contribution in [3.63, 3.8) is 0 Å². The molecular weight excluding hydrogens is 230 g/mol. The van der Waals surface area contributed by atoms with Crippen molar-refractivity contribution in [3.8, 4) is 0 Å². The molecule has 0 heterocycles.